The summed E-state index contributed by atoms with van der Waals surface area (Å²) >= 11 is 4.29. The third-order valence-corrected chi connectivity index (χ3v) is 1.75. The molecule has 0 rings (SSSR count). The molecule has 2 heteroatoms. The monoisotopic (exact) mass is 133 g/mol. The summed E-state index contributed by atoms with van der Waals surface area (Å²) in [6.07, 6.45) is 1.15. The fourth-order valence-corrected chi connectivity index (χ4v) is 1.15. The van der Waals surface area contributed by atoms with E-state index in [1.165, 1.54) is 0 Å². The SMILES string of the molecule is CCC(NC)C(C)S. The second-order valence-electron chi connectivity index (χ2n) is 2.04. The second-order valence-corrected chi connectivity index (χ2v) is 2.86. The van der Waals surface area contributed by atoms with Gasteiger partial charge < -0.3 is 5.32 Å². The maximum Gasteiger partial charge on any atom is 0.0175 e. The Balaban J connectivity index is 3.35. The molecule has 0 saturated heterocycles. The summed E-state index contributed by atoms with van der Waals surface area (Å²) in [7, 11) is 1.97. The summed E-state index contributed by atoms with van der Waals surface area (Å²) in [6, 6.07) is 0.568. The first-order valence-electron chi connectivity index (χ1n) is 3.07. The molecule has 0 aliphatic carbocycles. The fourth-order valence-electron chi connectivity index (χ4n) is 0.786. The number of nitrogens with one attached hydrogen (secondary N) is 1. The van der Waals surface area contributed by atoms with Gasteiger partial charge in [0, 0.05) is 11.3 Å². The number of hydrogen-bond acceptors (Lipinski definition) is 2. The van der Waals surface area contributed by atoms with Crippen molar-refractivity contribution in [3.8, 4) is 0 Å². The Bertz CT molecular complexity index is 50.5. The van der Waals surface area contributed by atoms with Gasteiger partial charge in [-0.05, 0) is 13.5 Å². The molecule has 2 unspecified atom stereocenters. The van der Waals surface area contributed by atoms with Gasteiger partial charge in [-0.1, -0.05) is 13.8 Å². The Kier molecular flexibility index (Phi) is 4.38. The van der Waals surface area contributed by atoms with E-state index in [0.717, 1.165) is 6.42 Å². The predicted octanol–water partition coefficient (Wildman–Crippen LogP) is 1.30. The molecule has 1 nitrogen and oxygen atoms in total. The van der Waals surface area contributed by atoms with E-state index in [2.05, 4.69) is 31.8 Å². The summed E-state index contributed by atoms with van der Waals surface area (Å²) in [5.74, 6) is 0. The molecule has 0 aliphatic heterocycles. The predicted molar refractivity (Wildman–Crippen MR) is 41.6 cm³/mol. The maximum atomic E-state index is 4.29. The Morgan fingerprint density at radius 2 is 2.12 bits per heavy atom. The molecule has 0 aromatic rings. The van der Waals surface area contributed by atoms with E-state index in [4.69, 9.17) is 0 Å². The van der Waals surface area contributed by atoms with Crippen LogP contribution in [0.2, 0.25) is 0 Å². The highest BCUT2D eigenvalue weighted by Crippen LogP contribution is 2.02. The minimum absolute atomic E-state index is 0.463. The molecule has 50 valence electrons. The first kappa shape index (κ1) is 8.31. The molecule has 0 bridgehead atoms. The topological polar surface area (TPSA) is 12.0 Å². The molecule has 0 heterocycles. The van der Waals surface area contributed by atoms with Gasteiger partial charge in [0.2, 0.25) is 0 Å². The van der Waals surface area contributed by atoms with E-state index in [0.29, 0.717) is 11.3 Å². The van der Waals surface area contributed by atoms with Crippen molar-refractivity contribution < 1.29 is 0 Å². The fraction of sp³-hybridized carbons (Fsp3) is 1.00. The van der Waals surface area contributed by atoms with Crippen LogP contribution < -0.4 is 5.32 Å². The van der Waals surface area contributed by atoms with E-state index >= 15 is 0 Å². The number of hydrogen-bond donors (Lipinski definition) is 2. The molecule has 0 spiro atoms. The van der Waals surface area contributed by atoms with Crippen LogP contribution in [-0.4, -0.2) is 18.3 Å². The Hall–Kier alpha value is 0.310. The molecule has 0 fully saturated rings. The molecule has 0 aliphatic rings. The molecule has 1 N–H and O–H groups in total. The molecular weight excluding hydrogens is 118 g/mol. The first-order chi connectivity index (χ1) is 3.72. The summed E-state index contributed by atoms with van der Waals surface area (Å²) in [5, 5.41) is 3.64. The smallest absolute Gasteiger partial charge is 0.0175 e. The number of rotatable bonds is 3. The van der Waals surface area contributed by atoms with Crippen molar-refractivity contribution in [3.63, 3.8) is 0 Å². The van der Waals surface area contributed by atoms with Crippen molar-refractivity contribution in [2.24, 2.45) is 0 Å². The van der Waals surface area contributed by atoms with Crippen molar-refractivity contribution >= 4 is 12.6 Å². The summed E-state index contributed by atoms with van der Waals surface area (Å²) < 4.78 is 0. The van der Waals surface area contributed by atoms with Gasteiger partial charge in [-0.25, -0.2) is 0 Å². The van der Waals surface area contributed by atoms with E-state index in [1.54, 1.807) is 0 Å². The molecule has 0 radical (unpaired) electrons. The zero-order chi connectivity index (χ0) is 6.57. The van der Waals surface area contributed by atoms with E-state index in [9.17, 15) is 0 Å². The highest BCUT2D eigenvalue weighted by Gasteiger charge is 2.06. The minimum atomic E-state index is 0.463. The van der Waals surface area contributed by atoms with Crippen LogP contribution in [0.3, 0.4) is 0 Å². The molecule has 0 saturated carbocycles. The Morgan fingerprint density at radius 1 is 1.62 bits per heavy atom. The molecule has 2 atom stereocenters. The average molecular weight is 133 g/mol. The minimum Gasteiger partial charge on any atom is -0.316 e. The second kappa shape index (κ2) is 4.21. The van der Waals surface area contributed by atoms with Crippen LogP contribution in [0, 0.1) is 0 Å². The van der Waals surface area contributed by atoms with Gasteiger partial charge in [0.15, 0.2) is 0 Å². The first-order valence-corrected chi connectivity index (χ1v) is 3.59. The van der Waals surface area contributed by atoms with Gasteiger partial charge in [0.05, 0.1) is 0 Å². The Morgan fingerprint density at radius 3 is 2.12 bits per heavy atom. The van der Waals surface area contributed by atoms with Crippen molar-refractivity contribution in [1.82, 2.24) is 5.32 Å². The van der Waals surface area contributed by atoms with Crippen LogP contribution in [0.15, 0.2) is 0 Å². The molecule has 0 aromatic heterocycles. The summed E-state index contributed by atoms with van der Waals surface area (Å²) in [5.41, 5.74) is 0. The van der Waals surface area contributed by atoms with Crippen LogP contribution >= 0.6 is 12.6 Å². The van der Waals surface area contributed by atoms with Gasteiger partial charge in [-0.3, -0.25) is 0 Å². The van der Waals surface area contributed by atoms with Gasteiger partial charge >= 0.3 is 0 Å². The van der Waals surface area contributed by atoms with Crippen molar-refractivity contribution in [1.29, 1.82) is 0 Å². The normalized spacial score (nSPS) is 18.0. The van der Waals surface area contributed by atoms with E-state index in [-0.39, 0.29) is 0 Å². The molecule has 8 heavy (non-hydrogen) atoms. The number of thiol groups is 1. The van der Waals surface area contributed by atoms with Gasteiger partial charge in [-0.15, -0.1) is 0 Å². The third kappa shape index (κ3) is 2.58. The van der Waals surface area contributed by atoms with Crippen LogP contribution in [0.1, 0.15) is 20.3 Å². The highest BCUT2D eigenvalue weighted by molar-refractivity contribution is 7.81. The van der Waals surface area contributed by atoms with Gasteiger partial charge in [0.25, 0.3) is 0 Å². The lowest BCUT2D eigenvalue weighted by molar-refractivity contribution is 0.543. The van der Waals surface area contributed by atoms with E-state index in [1.807, 2.05) is 7.05 Å². The van der Waals surface area contributed by atoms with E-state index < -0.39 is 0 Å². The summed E-state index contributed by atoms with van der Waals surface area (Å²) in [6.45, 7) is 4.27. The largest absolute Gasteiger partial charge is 0.316 e. The molecule has 0 aromatic carbocycles. The lowest BCUT2D eigenvalue weighted by Gasteiger charge is -2.16. The van der Waals surface area contributed by atoms with Gasteiger partial charge in [0.1, 0.15) is 0 Å². The maximum absolute atomic E-state index is 4.29. The Labute approximate surface area is 57.3 Å². The lowest BCUT2D eigenvalue weighted by atomic mass is 10.2. The molecular formula is C6H15NS. The van der Waals surface area contributed by atoms with Crippen molar-refractivity contribution in [3.05, 3.63) is 0 Å². The summed E-state index contributed by atoms with van der Waals surface area (Å²) in [4.78, 5) is 0. The van der Waals surface area contributed by atoms with Gasteiger partial charge in [-0.2, -0.15) is 12.6 Å². The quantitative estimate of drug-likeness (QED) is 0.553. The molecule has 0 amide bonds. The standard InChI is InChI=1S/C6H15NS/c1-4-6(7-3)5(2)8/h5-8H,4H2,1-3H3. The van der Waals surface area contributed by atoms with Crippen LogP contribution in [-0.2, 0) is 0 Å². The zero-order valence-corrected chi connectivity index (χ0v) is 6.70. The van der Waals surface area contributed by atoms with Crippen LogP contribution in [0.4, 0.5) is 0 Å². The average Bonchev–Trinajstić information content (AvgIpc) is 1.69. The lowest BCUT2D eigenvalue weighted by Crippen LogP contribution is -2.31. The third-order valence-electron chi connectivity index (χ3n) is 1.39. The zero-order valence-electron chi connectivity index (χ0n) is 5.81. The van der Waals surface area contributed by atoms with Crippen LogP contribution in [0.25, 0.3) is 0 Å². The van der Waals surface area contributed by atoms with Crippen molar-refractivity contribution in [2.75, 3.05) is 7.05 Å². The highest BCUT2D eigenvalue weighted by atomic mass is 32.1. The van der Waals surface area contributed by atoms with Crippen LogP contribution in [0.5, 0.6) is 0 Å². The van der Waals surface area contributed by atoms with Crippen molar-refractivity contribution in [2.45, 2.75) is 31.6 Å².